The Morgan fingerprint density at radius 1 is 1.25 bits per heavy atom. The maximum atomic E-state index is 12.9. The minimum atomic E-state index is -1.04. The van der Waals surface area contributed by atoms with Gasteiger partial charge in [0, 0.05) is 6.07 Å². The molecule has 4 rings (SSSR count). The third kappa shape index (κ3) is 2.21. The monoisotopic (exact) mass is 325 g/mol. The highest BCUT2D eigenvalue weighted by Gasteiger charge is 2.49. The van der Waals surface area contributed by atoms with E-state index in [9.17, 15) is 9.59 Å². The summed E-state index contributed by atoms with van der Waals surface area (Å²) >= 11 is 0. The topological polar surface area (TPSA) is 75.4 Å². The lowest BCUT2D eigenvalue weighted by molar-refractivity contribution is -0.131. The van der Waals surface area contributed by atoms with E-state index in [1.807, 2.05) is 6.07 Å². The molecule has 1 aromatic heterocycles. The number of carbonyl (C=O) groups is 2. The van der Waals surface area contributed by atoms with Gasteiger partial charge in [-0.1, -0.05) is 23.4 Å². The molecule has 1 aliphatic carbocycles. The van der Waals surface area contributed by atoms with Crippen LogP contribution in [-0.4, -0.2) is 22.0 Å². The Morgan fingerprint density at radius 3 is 2.79 bits per heavy atom. The molecule has 2 aromatic rings. The molecule has 24 heavy (non-hydrogen) atoms. The van der Waals surface area contributed by atoms with Gasteiger partial charge in [-0.2, -0.15) is 0 Å². The minimum Gasteiger partial charge on any atom is -0.359 e. The molecule has 2 heterocycles. The molecular weight excluding hydrogens is 306 g/mol. The van der Waals surface area contributed by atoms with Gasteiger partial charge in [0.25, 0.3) is 5.91 Å². The zero-order chi connectivity index (χ0) is 16.9. The summed E-state index contributed by atoms with van der Waals surface area (Å²) in [6, 6.07) is 7.40. The molecule has 1 aromatic carbocycles. The van der Waals surface area contributed by atoms with Crippen LogP contribution in [0, 0.1) is 6.92 Å². The number of carbonyl (C=O) groups excluding carboxylic acids is 2. The van der Waals surface area contributed by atoms with E-state index in [0.29, 0.717) is 5.76 Å². The van der Waals surface area contributed by atoms with Gasteiger partial charge in [-0.25, -0.2) is 4.79 Å². The van der Waals surface area contributed by atoms with Crippen LogP contribution in [0.2, 0.25) is 0 Å². The van der Waals surface area contributed by atoms with E-state index in [1.165, 1.54) is 16.0 Å². The van der Waals surface area contributed by atoms with Crippen LogP contribution in [0.15, 0.2) is 28.8 Å². The van der Waals surface area contributed by atoms with Crippen molar-refractivity contribution in [2.45, 2.75) is 45.2 Å². The van der Waals surface area contributed by atoms with Crippen LogP contribution in [0.1, 0.15) is 41.5 Å². The van der Waals surface area contributed by atoms with Gasteiger partial charge in [0.1, 0.15) is 5.54 Å². The third-order valence-corrected chi connectivity index (χ3v) is 4.94. The summed E-state index contributed by atoms with van der Waals surface area (Å²) < 4.78 is 5.13. The summed E-state index contributed by atoms with van der Waals surface area (Å²) in [7, 11) is 0. The van der Waals surface area contributed by atoms with Crippen molar-refractivity contribution in [3.63, 3.8) is 0 Å². The Labute approximate surface area is 139 Å². The molecule has 1 atom stereocenters. The summed E-state index contributed by atoms with van der Waals surface area (Å²) in [5.41, 5.74) is 3.13. The Morgan fingerprint density at radius 2 is 2.04 bits per heavy atom. The van der Waals surface area contributed by atoms with Crippen molar-refractivity contribution in [1.82, 2.24) is 15.4 Å². The molecule has 0 radical (unpaired) electrons. The molecule has 124 valence electrons. The molecule has 2 aliphatic rings. The Balaban J connectivity index is 1.64. The highest BCUT2D eigenvalue weighted by atomic mass is 16.5. The van der Waals surface area contributed by atoms with Crippen LogP contribution in [-0.2, 0) is 29.7 Å². The number of fused-ring (bicyclic) bond motifs is 1. The number of aryl methyl sites for hydroxylation is 3. The van der Waals surface area contributed by atoms with Crippen molar-refractivity contribution >= 4 is 11.9 Å². The van der Waals surface area contributed by atoms with Gasteiger partial charge in [-0.3, -0.25) is 9.69 Å². The number of amides is 3. The number of aromatic nitrogens is 1. The molecule has 1 fully saturated rings. The Bertz CT molecular complexity index is 842. The van der Waals surface area contributed by atoms with Crippen LogP contribution in [0.5, 0.6) is 0 Å². The number of rotatable bonds is 3. The van der Waals surface area contributed by atoms with E-state index in [1.54, 1.807) is 19.9 Å². The molecular formula is C18H19N3O3. The van der Waals surface area contributed by atoms with E-state index in [-0.39, 0.29) is 12.5 Å². The number of nitrogens with zero attached hydrogens (tertiary/aromatic N) is 2. The molecule has 6 nitrogen and oxygen atoms in total. The lowest BCUT2D eigenvalue weighted by Gasteiger charge is -2.23. The normalized spacial score (nSPS) is 22.8. The second-order valence-electron chi connectivity index (χ2n) is 6.72. The van der Waals surface area contributed by atoms with Crippen LogP contribution >= 0.6 is 0 Å². The average molecular weight is 325 g/mol. The lowest BCUT2D eigenvalue weighted by Crippen LogP contribution is -2.40. The first-order valence-corrected chi connectivity index (χ1v) is 8.16. The van der Waals surface area contributed by atoms with Gasteiger partial charge in [0.15, 0.2) is 5.76 Å². The highest BCUT2D eigenvalue weighted by molar-refractivity contribution is 6.07. The molecule has 0 bridgehead atoms. The van der Waals surface area contributed by atoms with Crippen molar-refractivity contribution in [2.75, 3.05) is 0 Å². The van der Waals surface area contributed by atoms with Crippen LogP contribution in [0.3, 0.4) is 0 Å². The van der Waals surface area contributed by atoms with E-state index in [2.05, 4.69) is 22.6 Å². The number of benzene rings is 1. The maximum Gasteiger partial charge on any atom is 0.325 e. The van der Waals surface area contributed by atoms with Gasteiger partial charge in [-0.15, -0.1) is 0 Å². The smallest absolute Gasteiger partial charge is 0.325 e. The first-order chi connectivity index (χ1) is 11.5. The van der Waals surface area contributed by atoms with E-state index < -0.39 is 11.6 Å². The number of hydrogen-bond donors (Lipinski definition) is 1. The number of urea groups is 1. The third-order valence-electron chi connectivity index (χ3n) is 4.94. The van der Waals surface area contributed by atoms with E-state index >= 15 is 0 Å². The van der Waals surface area contributed by atoms with Gasteiger partial charge in [0.05, 0.1) is 12.2 Å². The van der Waals surface area contributed by atoms with Crippen LogP contribution < -0.4 is 5.32 Å². The highest BCUT2D eigenvalue weighted by Crippen LogP contribution is 2.33. The average Bonchev–Trinajstić information content (AvgIpc) is 3.23. The molecule has 0 unspecified atom stereocenters. The SMILES string of the molecule is Cc1cc(CN2C(=O)N[C@@](C)(c3ccc4c(c3)CCC4)C2=O)on1. The Hall–Kier alpha value is -2.63. The summed E-state index contributed by atoms with van der Waals surface area (Å²) in [6.45, 7) is 3.65. The second kappa shape index (κ2) is 5.19. The molecule has 1 saturated heterocycles. The lowest BCUT2D eigenvalue weighted by atomic mass is 9.89. The molecule has 3 amide bonds. The largest absolute Gasteiger partial charge is 0.359 e. The molecule has 0 saturated carbocycles. The predicted molar refractivity (Wildman–Crippen MR) is 86.1 cm³/mol. The minimum absolute atomic E-state index is 0.0893. The fourth-order valence-electron chi connectivity index (χ4n) is 3.57. The fourth-order valence-corrected chi connectivity index (χ4v) is 3.57. The van der Waals surface area contributed by atoms with E-state index in [4.69, 9.17) is 4.52 Å². The van der Waals surface area contributed by atoms with Gasteiger partial charge in [-0.05, 0) is 49.8 Å². The van der Waals surface area contributed by atoms with Crippen molar-refractivity contribution in [1.29, 1.82) is 0 Å². The predicted octanol–water partition coefficient (Wildman–Crippen LogP) is 2.44. The summed E-state index contributed by atoms with van der Waals surface area (Å²) in [4.78, 5) is 26.5. The van der Waals surface area contributed by atoms with Crippen molar-refractivity contribution in [2.24, 2.45) is 0 Å². The quantitative estimate of drug-likeness (QED) is 0.880. The van der Waals surface area contributed by atoms with Crippen molar-refractivity contribution in [3.05, 3.63) is 52.4 Å². The molecule has 1 N–H and O–H groups in total. The summed E-state index contributed by atoms with van der Waals surface area (Å²) in [5, 5.41) is 6.64. The van der Waals surface area contributed by atoms with Gasteiger partial charge >= 0.3 is 6.03 Å². The van der Waals surface area contributed by atoms with E-state index in [0.717, 1.165) is 30.5 Å². The van der Waals surface area contributed by atoms with Crippen LogP contribution in [0.25, 0.3) is 0 Å². The summed E-state index contributed by atoms with van der Waals surface area (Å²) in [5.74, 6) is 0.230. The van der Waals surface area contributed by atoms with Crippen molar-refractivity contribution < 1.29 is 14.1 Å². The molecule has 6 heteroatoms. The van der Waals surface area contributed by atoms with Gasteiger partial charge < -0.3 is 9.84 Å². The molecule has 0 spiro atoms. The number of imide groups is 1. The zero-order valence-electron chi connectivity index (χ0n) is 13.8. The summed E-state index contributed by atoms with van der Waals surface area (Å²) in [6.07, 6.45) is 3.26. The zero-order valence-corrected chi connectivity index (χ0v) is 13.8. The number of hydrogen-bond acceptors (Lipinski definition) is 4. The standard InChI is InChI=1S/C18H19N3O3/c1-11-8-15(24-20-11)10-21-16(22)18(2,19-17(21)23)14-7-6-12-4-3-5-13(12)9-14/h6-9H,3-5,10H2,1-2H3,(H,19,23)/t18-/m0/s1. The first-order valence-electron chi connectivity index (χ1n) is 8.16. The molecule has 1 aliphatic heterocycles. The Kier molecular flexibility index (Phi) is 3.23. The fraction of sp³-hybridized carbons (Fsp3) is 0.389. The second-order valence-corrected chi connectivity index (χ2v) is 6.72. The maximum absolute atomic E-state index is 12.9. The first kappa shape index (κ1) is 14.9. The van der Waals surface area contributed by atoms with Gasteiger partial charge in [0.2, 0.25) is 0 Å². The number of nitrogens with one attached hydrogen (secondary N) is 1. The van der Waals surface area contributed by atoms with Crippen molar-refractivity contribution in [3.8, 4) is 0 Å². The van der Waals surface area contributed by atoms with Crippen LogP contribution in [0.4, 0.5) is 4.79 Å².